The van der Waals surface area contributed by atoms with Crippen LogP contribution in [-0.4, -0.2) is 49.3 Å². The SMILES string of the molecule is CC(C)OC(=O)N(c1ccccc1)C1CCN(CCCN)CC1. The summed E-state index contributed by atoms with van der Waals surface area (Å²) in [6, 6.07) is 10.0. The number of carbonyl (C=O) groups is 1. The number of carbonyl (C=O) groups excluding carboxylic acids is 1. The lowest BCUT2D eigenvalue weighted by Crippen LogP contribution is -2.48. The quantitative estimate of drug-likeness (QED) is 0.876. The summed E-state index contributed by atoms with van der Waals surface area (Å²) in [5.41, 5.74) is 6.50. The van der Waals surface area contributed by atoms with Crippen molar-refractivity contribution in [3.63, 3.8) is 0 Å². The molecule has 0 spiro atoms. The summed E-state index contributed by atoms with van der Waals surface area (Å²) in [6.45, 7) is 7.56. The molecule has 1 heterocycles. The largest absolute Gasteiger partial charge is 0.446 e. The predicted octanol–water partition coefficient (Wildman–Crippen LogP) is 2.85. The van der Waals surface area contributed by atoms with Gasteiger partial charge in [0, 0.05) is 24.8 Å². The summed E-state index contributed by atoms with van der Waals surface area (Å²) < 4.78 is 5.47. The van der Waals surface area contributed by atoms with E-state index in [0.717, 1.165) is 51.1 Å². The van der Waals surface area contributed by atoms with Gasteiger partial charge in [0.05, 0.1) is 6.10 Å². The van der Waals surface area contributed by atoms with Crippen molar-refractivity contribution >= 4 is 11.8 Å². The van der Waals surface area contributed by atoms with E-state index in [1.165, 1.54) is 0 Å². The number of rotatable bonds is 6. The first-order valence-corrected chi connectivity index (χ1v) is 8.59. The van der Waals surface area contributed by atoms with Gasteiger partial charge in [0.25, 0.3) is 0 Å². The zero-order valence-corrected chi connectivity index (χ0v) is 14.3. The second kappa shape index (κ2) is 8.89. The number of likely N-dealkylation sites (tertiary alicyclic amines) is 1. The molecule has 2 rings (SSSR count). The molecule has 0 aromatic heterocycles. The van der Waals surface area contributed by atoms with Crippen molar-refractivity contribution in [1.82, 2.24) is 4.90 Å². The Morgan fingerprint density at radius 3 is 2.52 bits per heavy atom. The topological polar surface area (TPSA) is 58.8 Å². The molecule has 1 aliphatic heterocycles. The third-order valence-corrected chi connectivity index (χ3v) is 4.17. The lowest BCUT2D eigenvalue weighted by Gasteiger charge is -2.38. The van der Waals surface area contributed by atoms with Gasteiger partial charge in [-0.2, -0.15) is 0 Å². The van der Waals surface area contributed by atoms with Crippen LogP contribution in [0.1, 0.15) is 33.1 Å². The summed E-state index contributed by atoms with van der Waals surface area (Å²) in [4.78, 5) is 16.8. The molecular weight excluding hydrogens is 290 g/mol. The molecule has 0 bridgehead atoms. The van der Waals surface area contributed by atoms with Gasteiger partial charge < -0.3 is 15.4 Å². The minimum atomic E-state index is -0.244. The van der Waals surface area contributed by atoms with Crippen molar-refractivity contribution in [3.05, 3.63) is 30.3 Å². The van der Waals surface area contributed by atoms with Gasteiger partial charge in [-0.1, -0.05) is 18.2 Å². The standard InChI is InChI=1S/C18H29N3O2/c1-15(2)23-18(22)21(16-7-4-3-5-8-16)17-9-13-20(14-10-17)12-6-11-19/h3-5,7-8,15,17H,6,9-14,19H2,1-2H3. The molecule has 1 aromatic rings. The normalized spacial score (nSPS) is 16.5. The fourth-order valence-corrected chi connectivity index (χ4v) is 3.03. The summed E-state index contributed by atoms with van der Waals surface area (Å²) in [6.07, 6.45) is 2.60. The maximum atomic E-state index is 12.6. The number of nitrogens with zero attached hydrogens (tertiary/aromatic N) is 2. The van der Waals surface area contributed by atoms with E-state index in [0.29, 0.717) is 0 Å². The van der Waals surface area contributed by atoms with Crippen molar-refractivity contribution < 1.29 is 9.53 Å². The van der Waals surface area contributed by atoms with Crippen molar-refractivity contribution in [3.8, 4) is 0 Å². The molecule has 0 unspecified atom stereocenters. The van der Waals surface area contributed by atoms with Crippen LogP contribution in [0.15, 0.2) is 30.3 Å². The number of ether oxygens (including phenoxy) is 1. The molecule has 1 aromatic carbocycles. The van der Waals surface area contributed by atoms with Crippen LogP contribution in [0.3, 0.4) is 0 Å². The van der Waals surface area contributed by atoms with Crippen LogP contribution in [0.5, 0.6) is 0 Å². The highest BCUT2D eigenvalue weighted by molar-refractivity contribution is 5.88. The van der Waals surface area contributed by atoms with Gasteiger partial charge in [0.15, 0.2) is 0 Å². The van der Waals surface area contributed by atoms with Crippen LogP contribution >= 0.6 is 0 Å². The van der Waals surface area contributed by atoms with Gasteiger partial charge in [-0.25, -0.2) is 4.79 Å². The van der Waals surface area contributed by atoms with Gasteiger partial charge in [-0.3, -0.25) is 4.90 Å². The molecule has 23 heavy (non-hydrogen) atoms. The second-order valence-corrected chi connectivity index (χ2v) is 6.35. The van der Waals surface area contributed by atoms with Gasteiger partial charge in [-0.05, 0) is 58.3 Å². The number of piperidine rings is 1. The molecule has 128 valence electrons. The Labute approximate surface area is 139 Å². The number of para-hydroxylation sites is 1. The van der Waals surface area contributed by atoms with E-state index in [2.05, 4.69) is 4.90 Å². The first-order chi connectivity index (χ1) is 11.1. The highest BCUT2D eigenvalue weighted by Gasteiger charge is 2.30. The average molecular weight is 319 g/mol. The van der Waals surface area contributed by atoms with E-state index in [-0.39, 0.29) is 18.2 Å². The third kappa shape index (κ3) is 5.22. The fourth-order valence-electron chi connectivity index (χ4n) is 3.03. The number of nitrogens with two attached hydrogens (primary N) is 1. The Bertz CT molecular complexity index is 470. The maximum Gasteiger partial charge on any atom is 0.414 e. The van der Waals surface area contributed by atoms with Crippen LogP contribution < -0.4 is 10.6 Å². The third-order valence-electron chi connectivity index (χ3n) is 4.17. The predicted molar refractivity (Wildman–Crippen MR) is 93.7 cm³/mol. The summed E-state index contributed by atoms with van der Waals surface area (Å²) in [5, 5.41) is 0. The van der Waals surface area contributed by atoms with Crippen molar-refractivity contribution in [2.75, 3.05) is 31.1 Å². The molecule has 0 saturated carbocycles. The van der Waals surface area contributed by atoms with Crippen LogP contribution in [-0.2, 0) is 4.74 Å². The lowest BCUT2D eigenvalue weighted by molar-refractivity contribution is 0.116. The molecule has 1 aliphatic rings. The molecular formula is C18H29N3O2. The van der Waals surface area contributed by atoms with E-state index in [1.807, 2.05) is 49.1 Å². The first-order valence-electron chi connectivity index (χ1n) is 8.59. The Morgan fingerprint density at radius 1 is 1.30 bits per heavy atom. The number of hydrogen-bond donors (Lipinski definition) is 1. The number of benzene rings is 1. The zero-order valence-electron chi connectivity index (χ0n) is 14.3. The Morgan fingerprint density at radius 2 is 1.96 bits per heavy atom. The monoisotopic (exact) mass is 319 g/mol. The molecule has 1 saturated heterocycles. The number of amides is 1. The highest BCUT2D eigenvalue weighted by atomic mass is 16.6. The average Bonchev–Trinajstić information content (AvgIpc) is 2.54. The second-order valence-electron chi connectivity index (χ2n) is 6.35. The van der Waals surface area contributed by atoms with E-state index in [9.17, 15) is 4.79 Å². The van der Waals surface area contributed by atoms with Gasteiger partial charge in [0.2, 0.25) is 0 Å². The van der Waals surface area contributed by atoms with E-state index in [1.54, 1.807) is 0 Å². The lowest BCUT2D eigenvalue weighted by atomic mass is 10.0. The van der Waals surface area contributed by atoms with Crippen molar-refractivity contribution in [1.29, 1.82) is 0 Å². The number of anilines is 1. The molecule has 0 atom stereocenters. The van der Waals surface area contributed by atoms with Crippen LogP contribution in [0.25, 0.3) is 0 Å². The molecule has 5 nitrogen and oxygen atoms in total. The van der Waals surface area contributed by atoms with Gasteiger partial charge >= 0.3 is 6.09 Å². The van der Waals surface area contributed by atoms with Crippen molar-refractivity contribution in [2.24, 2.45) is 5.73 Å². The van der Waals surface area contributed by atoms with Crippen LogP contribution in [0.2, 0.25) is 0 Å². The molecule has 0 aliphatic carbocycles. The van der Waals surface area contributed by atoms with E-state index < -0.39 is 0 Å². The molecule has 1 fully saturated rings. The van der Waals surface area contributed by atoms with Crippen LogP contribution in [0.4, 0.5) is 10.5 Å². The van der Waals surface area contributed by atoms with Gasteiger partial charge in [0.1, 0.15) is 0 Å². The molecule has 1 amide bonds. The molecule has 0 radical (unpaired) electrons. The van der Waals surface area contributed by atoms with Crippen molar-refractivity contribution in [2.45, 2.75) is 45.3 Å². The minimum absolute atomic E-state index is 0.113. The zero-order chi connectivity index (χ0) is 16.7. The summed E-state index contributed by atoms with van der Waals surface area (Å²) >= 11 is 0. The number of hydrogen-bond acceptors (Lipinski definition) is 4. The Hall–Kier alpha value is -1.59. The van der Waals surface area contributed by atoms with E-state index in [4.69, 9.17) is 10.5 Å². The van der Waals surface area contributed by atoms with Gasteiger partial charge in [-0.15, -0.1) is 0 Å². The maximum absolute atomic E-state index is 12.6. The fraction of sp³-hybridized carbons (Fsp3) is 0.611. The smallest absolute Gasteiger partial charge is 0.414 e. The summed E-state index contributed by atoms with van der Waals surface area (Å²) in [7, 11) is 0. The Kier molecular flexibility index (Phi) is 6.86. The highest BCUT2D eigenvalue weighted by Crippen LogP contribution is 2.25. The van der Waals surface area contributed by atoms with E-state index >= 15 is 0 Å². The molecule has 2 N–H and O–H groups in total. The molecule has 5 heteroatoms. The Balaban J connectivity index is 2.05. The summed E-state index contributed by atoms with van der Waals surface area (Å²) in [5.74, 6) is 0. The van der Waals surface area contributed by atoms with Crippen LogP contribution in [0, 0.1) is 0 Å². The first kappa shape index (κ1) is 17.8. The minimum Gasteiger partial charge on any atom is -0.446 e.